The summed E-state index contributed by atoms with van der Waals surface area (Å²) in [5.74, 6) is 0.585. The highest BCUT2D eigenvalue weighted by Gasteiger charge is 2.49. The topological polar surface area (TPSA) is 41.5 Å². The Hall–Kier alpha value is -1.16. The third kappa shape index (κ3) is 1.49. The van der Waals surface area contributed by atoms with Gasteiger partial charge in [0.05, 0.1) is 5.71 Å². The Morgan fingerprint density at radius 1 is 1.27 bits per heavy atom. The Morgan fingerprint density at radius 3 is 2.73 bits per heavy atom. The van der Waals surface area contributed by atoms with Crippen LogP contribution in [-0.2, 0) is 4.79 Å². The van der Waals surface area contributed by atoms with E-state index in [1.807, 2.05) is 24.3 Å². The number of nitrogens with zero attached hydrogens (tertiary/aromatic N) is 1. The summed E-state index contributed by atoms with van der Waals surface area (Å²) in [6, 6.07) is 8.03. The molecule has 2 aliphatic rings. The van der Waals surface area contributed by atoms with Crippen molar-refractivity contribution >= 4 is 27.5 Å². The number of hydrazone groups is 1. The minimum Gasteiger partial charge on any atom is -0.273 e. The van der Waals surface area contributed by atoms with Gasteiger partial charge in [0.1, 0.15) is 0 Å². The molecular weight excluding hydrogens is 256 g/mol. The van der Waals surface area contributed by atoms with Crippen LogP contribution in [0.3, 0.4) is 0 Å². The normalized spacial score (nSPS) is 27.8. The van der Waals surface area contributed by atoms with Crippen LogP contribution in [0.5, 0.6) is 0 Å². The van der Waals surface area contributed by atoms with Gasteiger partial charge < -0.3 is 0 Å². The van der Waals surface area contributed by atoms with Gasteiger partial charge in [-0.15, -0.1) is 0 Å². The zero-order valence-electron chi connectivity index (χ0n) is 7.90. The zero-order chi connectivity index (χ0) is 10.4. The molecule has 4 heteroatoms. The number of carbonyl (C=O) groups excluding carboxylic acids is 1. The number of carbonyl (C=O) groups is 1. The molecule has 2 atom stereocenters. The lowest BCUT2D eigenvalue weighted by Crippen LogP contribution is -2.28. The molecule has 1 aliphatic carbocycles. The highest BCUT2D eigenvalue weighted by Crippen LogP contribution is 2.43. The number of hydrogen-bond donors (Lipinski definition) is 1. The Labute approximate surface area is 95.7 Å². The van der Waals surface area contributed by atoms with Crippen molar-refractivity contribution < 1.29 is 4.79 Å². The van der Waals surface area contributed by atoms with Crippen molar-refractivity contribution in [2.45, 2.75) is 6.42 Å². The van der Waals surface area contributed by atoms with Crippen molar-refractivity contribution in [2.24, 2.45) is 16.9 Å². The lowest BCUT2D eigenvalue weighted by atomic mass is 10.0. The average molecular weight is 265 g/mol. The first-order chi connectivity index (χ1) is 7.25. The van der Waals surface area contributed by atoms with Gasteiger partial charge in [-0.3, -0.25) is 4.79 Å². The van der Waals surface area contributed by atoms with Crippen LogP contribution in [-0.4, -0.2) is 11.6 Å². The molecule has 0 unspecified atom stereocenters. The van der Waals surface area contributed by atoms with E-state index in [1.165, 1.54) is 0 Å². The van der Waals surface area contributed by atoms with Crippen molar-refractivity contribution in [1.82, 2.24) is 5.43 Å². The molecule has 15 heavy (non-hydrogen) atoms. The maximum atomic E-state index is 11.2. The van der Waals surface area contributed by atoms with Crippen LogP contribution in [0, 0.1) is 11.8 Å². The smallest absolute Gasteiger partial charge is 0.243 e. The van der Waals surface area contributed by atoms with Gasteiger partial charge in [0, 0.05) is 16.3 Å². The molecule has 1 aromatic rings. The van der Waals surface area contributed by atoms with E-state index < -0.39 is 0 Å². The summed E-state index contributed by atoms with van der Waals surface area (Å²) in [5.41, 5.74) is 4.70. The first-order valence-corrected chi connectivity index (χ1v) is 5.68. The molecule has 0 bridgehead atoms. The standard InChI is InChI=1S/C11H9BrN2O/c12-7-3-1-6(2-4-7)10-8-5-9(8)11(15)14-13-10/h1-4,8-9H,5H2,(H,14,15)/t8-,9+/m0/s1. The highest BCUT2D eigenvalue weighted by atomic mass is 79.9. The fourth-order valence-electron chi connectivity index (χ4n) is 1.97. The number of rotatable bonds is 1. The van der Waals surface area contributed by atoms with Gasteiger partial charge in [-0.25, -0.2) is 5.43 Å². The lowest BCUT2D eigenvalue weighted by molar-refractivity contribution is -0.122. The number of nitrogens with one attached hydrogen (secondary N) is 1. The minimum absolute atomic E-state index is 0.0702. The third-order valence-corrected chi connectivity index (χ3v) is 3.43. The molecule has 1 fully saturated rings. The fourth-order valence-corrected chi connectivity index (χ4v) is 2.23. The number of benzene rings is 1. The highest BCUT2D eigenvalue weighted by molar-refractivity contribution is 9.10. The van der Waals surface area contributed by atoms with Gasteiger partial charge in [0.2, 0.25) is 5.91 Å². The summed E-state index contributed by atoms with van der Waals surface area (Å²) >= 11 is 3.39. The molecule has 3 rings (SSSR count). The van der Waals surface area contributed by atoms with Crippen molar-refractivity contribution in [2.75, 3.05) is 0 Å². The molecular formula is C11H9BrN2O. The van der Waals surface area contributed by atoms with Gasteiger partial charge in [0.25, 0.3) is 0 Å². The second-order valence-electron chi connectivity index (χ2n) is 3.93. The van der Waals surface area contributed by atoms with Crippen LogP contribution in [0.4, 0.5) is 0 Å². The van der Waals surface area contributed by atoms with Crippen LogP contribution in [0.1, 0.15) is 12.0 Å². The van der Waals surface area contributed by atoms with Crippen molar-refractivity contribution in [3.05, 3.63) is 34.3 Å². The van der Waals surface area contributed by atoms with E-state index in [-0.39, 0.29) is 11.8 Å². The van der Waals surface area contributed by atoms with Crippen LogP contribution in [0.2, 0.25) is 0 Å². The first-order valence-electron chi connectivity index (χ1n) is 4.89. The maximum absolute atomic E-state index is 11.2. The number of fused-ring (bicyclic) bond motifs is 1. The Balaban J connectivity index is 1.95. The Morgan fingerprint density at radius 2 is 2.00 bits per heavy atom. The largest absolute Gasteiger partial charge is 0.273 e. The Bertz CT molecular complexity index is 452. The lowest BCUT2D eigenvalue weighted by Gasteiger charge is -2.11. The predicted molar refractivity (Wildman–Crippen MR) is 60.4 cm³/mol. The second kappa shape index (κ2) is 3.17. The summed E-state index contributed by atoms with van der Waals surface area (Å²) in [5, 5.41) is 4.13. The van der Waals surface area contributed by atoms with E-state index >= 15 is 0 Å². The summed E-state index contributed by atoms with van der Waals surface area (Å²) in [7, 11) is 0. The molecule has 1 heterocycles. The maximum Gasteiger partial charge on any atom is 0.243 e. The molecule has 1 saturated carbocycles. The van der Waals surface area contributed by atoms with E-state index in [9.17, 15) is 4.79 Å². The molecule has 0 radical (unpaired) electrons. The molecule has 1 amide bonds. The number of halogens is 1. The van der Waals surface area contributed by atoms with E-state index in [2.05, 4.69) is 26.5 Å². The van der Waals surface area contributed by atoms with Gasteiger partial charge in [-0.05, 0) is 24.1 Å². The van der Waals surface area contributed by atoms with Crippen molar-refractivity contribution in [3.8, 4) is 0 Å². The zero-order valence-corrected chi connectivity index (χ0v) is 9.49. The van der Waals surface area contributed by atoms with E-state index in [0.717, 1.165) is 22.2 Å². The SMILES string of the molecule is O=C1NN=C(c2ccc(Br)cc2)[C@H]2C[C@@H]12. The number of amides is 1. The average Bonchev–Trinajstić information content (AvgIpc) is 3.01. The van der Waals surface area contributed by atoms with Crippen LogP contribution >= 0.6 is 15.9 Å². The molecule has 1 aliphatic heterocycles. The number of hydrogen-bond acceptors (Lipinski definition) is 2. The summed E-state index contributed by atoms with van der Waals surface area (Å²) < 4.78 is 1.05. The molecule has 3 nitrogen and oxygen atoms in total. The summed E-state index contributed by atoms with van der Waals surface area (Å²) in [4.78, 5) is 11.2. The predicted octanol–water partition coefficient (Wildman–Crippen LogP) is 1.92. The quantitative estimate of drug-likeness (QED) is 0.828. The van der Waals surface area contributed by atoms with E-state index in [4.69, 9.17) is 0 Å². The molecule has 1 N–H and O–H groups in total. The summed E-state index contributed by atoms with van der Waals surface area (Å²) in [6.45, 7) is 0. The van der Waals surface area contributed by atoms with Crippen molar-refractivity contribution in [1.29, 1.82) is 0 Å². The Kier molecular flexibility index (Phi) is 1.92. The third-order valence-electron chi connectivity index (χ3n) is 2.90. The van der Waals surface area contributed by atoms with Crippen molar-refractivity contribution in [3.63, 3.8) is 0 Å². The second-order valence-corrected chi connectivity index (χ2v) is 4.84. The van der Waals surface area contributed by atoms with Gasteiger partial charge in [0.15, 0.2) is 0 Å². The monoisotopic (exact) mass is 264 g/mol. The minimum atomic E-state index is 0.0702. The van der Waals surface area contributed by atoms with E-state index in [1.54, 1.807) is 0 Å². The van der Waals surface area contributed by atoms with Gasteiger partial charge in [-0.2, -0.15) is 5.10 Å². The first kappa shape index (κ1) is 9.09. The molecule has 0 aromatic heterocycles. The summed E-state index contributed by atoms with van der Waals surface area (Å²) in [6.07, 6.45) is 0.945. The van der Waals surface area contributed by atoms with Crippen LogP contribution < -0.4 is 5.43 Å². The molecule has 0 saturated heterocycles. The van der Waals surface area contributed by atoms with E-state index in [0.29, 0.717) is 5.92 Å². The fraction of sp³-hybridized carbons (Fsp3) is 0.273. The molecule has 1 aromatic carbocycles. The van der Waals surface area contributed by atoms with Gasteiger partial charge >= 0.3 is 0 Å². The van der Waals surface area contributed by atoms with Gasteiger partial charge in [-0.1, -0.05) is 28.1 Å². The van der Waals surface area contributed by atoms with Crippen LogP contribution in [0.25, 0.3) is 0 Å². The van der Waals surface area contributed by atoms with Crippen LogP contribution in [0.15, 0.2) is 33.8 Å². The molecule has 0 spiro atoms. The molecule has 76 valence electrons.